The van der Waals surface area contributed by atoms with E-state index in [2.05, 4.69) is 25.0 Å². The van der Waals surface area contributed by atoms with Crippen LogP contribution < -0.4 is 4.90 Å². The molecule has 1 aliphatic heterocycles. The number of thiazole rings is 1. The SMILES string of the molecule is C=CCCc1ccc(F)cc1Cc1cnc(-c2cc3nc(C)c(C(OC(C)(C)C)C(=O)OCC)c(N4CCC(C)(CCC=C)CC4)n3n2)s1. The Bertz CT molecular complexity index is 1800. The highest BCUT2D eigenvalue weighted by Crippen LogP contribution is 2.41. The normalized spacial score (nSPS) is 15.4. The molecule has 0 N–H and O–H groups in total. The predicted molar refractivity (Wildman–Crippen MR) is 196 cm³/mol. The van der Waals surface area contributed by atoms with E-state index in [1.165, 1.54) is 17.4 Å². The van der Waals surface area contributed by atoms with Crippen LogP contribution in [0.25, 0.3) is 16.3 Å². The summed E-state index contributed by atoms with van der Waals surface area (Å²) in [4.78, 5) is 26.6. The highest BCUT2D eigenvalue weighted by atomic mass is 32.1. The van der Waals surface area contributed by atoms with Crippen LogP contribution in [0.1, 0.15) is 100 Å². The van der Waals surface area contributed by atoms with Gasteiger partial charge in [0, 0.05) is 42.3 Å². The van der Waals surface area contributed by atoms with E-state index in [4.69, 9.17) is 24.5 Å². The molecular formula is C39H50FN5O3S. The predicted octanol–water partition coefficient (Wildman–Crippen LogP) is 9.00. The lowest BCUT2D eigenvalue weighted by Crippen LogP contribution is -2.41. The van der Waals surface area contributed by atoms with Gasteiger partial charge in [-0.15, -0.1) is 24.5 Å². The average Bonchev–Trinajstić information content (AvgIpc) is 3.69. The van der Waals surface area contributed by atoms with E-state index in [9.17, 15) is 9.18 Å². The molecule has 1 aromatic carbocycles. The zero-order valence-electron chi connectivity index (χ0n) is 29.9. The molecule has 3 aromatic heterocycles. The van der Waals surface area contributed by atoms with Crippen LogP contribution in [0.3, 0.4) is 0 Å². The van der Waals surface area contributed by atoms with Crippen molar-refractivity contribution in [3.63, 3.8) is 0 Å². The van der Waals surface area contributed by atoms with Crippen molar-refractivity contribution < 1.29 is 18.7 Å². The number of benzene rings is 1. The summed E-state index contributed by atoms with van der Waals surface area (Å²) in [5, 5.41) is 5.84. The molecule has 10 heteroatoms. The van der Waals surface area contributed by atoms with Crippen molar-refractivity contribution in [2.24, 2.45) is 5.41 Å². The minimum absolute atomic E-state index is 0.203. The molecule has 5 rings (SSSR count). The number of aromatic nitrogens is 4. The summed E-state index contributed by atoms with van der Waals surface area (Å²) in [5.74, 6) is 0.102. The van der Waals surface area contributed by atoms with Gasteiger partial charge < -0.3 is 14.4 Å². The number of anilines is 1. The minimum Gasteiger partial charge on any atom is -0.464 e. The van der Waals surface area contributed by atoms with Gasteiger partial charge in [-0.3, -0.25) is 0 Å². The average molecular weight is 688 g/mol. The molecule has 4 heterocycles. The van der Waals surface area contributed by atoms with Crippen molar-refractivity contribution in [1.82, 2.24) is 19.6 Å². The van der Waals surface area contributed by atoms with Crippen LogP contribution in [0.15, 0.2) is 55.8 Å². The fraction of sp³-hybridized carbons (Fsp3) is 0.487. The van der Waals surface area contributed by atoms with Crippen LogP contribution in [0.4, 0.5) is 10.2 Å². The summed E-state index contributed by atoms with van der Waals surface area (Å²) in [6.07, 6.45) is 11.0. The maximum atomic E-state index is 14.3. The topological polar surface area (TPSA) is 81.8 Å². The first-order chi connectivity index (χ1) is 23.3. The Balaban J connectivity index is 1.57. The molecule has 1 saturated heterocycles. The molecule has 1 atom stereocenters. The maximum absolute atomic E-state index is 14.3. The molecule has 1 fully saturated rings. The summed E-state index contributed by atoms with van der Waals surface area (Å²) >= 11 is 1.54. The molecule has 0 amide bonds. The third kappa shape index (κ3) is 8.65. The van der Waals surface area contributed by atoms with E-state index in [0.717, 1.165) is 78.4 Å². The molecule has 262 valence electrons. The van der Waals surface area contributed by atoms with Crippen molar-refractivity contribution in [3.8, 4) is 10.7 Å². The standard InChI is InChI=1S/C39H50FN5O3S/c1-9-12-14-27-15-16-29(40)22-28(27)23-30-25-41-35(49-30)31-24-32-42-26(4)33(34(37(46)47-11-3)48-38(5,6)7)36(45(32)43-31)44-20-18-39(8,19-21-44)17-13-10-2/h9-10,15-16,22,24-25,34H,1-2,11-14,17-21,23H2,3-8H3. The molecule has 0 bridgehead atoms. The Labute approximate surface area is 294 Å². The second-order valence-corrected chi connectivity index (χ2v) is 15.4. The number of esters is 1. The van der Waals surface area contributed by atoms with Crippen LogP contribution in [0.5, 0.6) is 0 Å². The molecule has 0 saturated carbocycles. The lowest BCUT2D eigenvalue weighted by molar-refractivity contribution is -0.166. The van der Waals surface area contributed by atoms with Gasteiger partial charge >= 0.3 is 5.97 Å². The Kier molecular flexibility index (Phi) is 11.4. The van der Waals surface area contributed by atoms with E-state index in [0.29, 0.717) is 29.0 Å². The molecule has 0 radical (unpaired) electrons. The number of aryl methyl sites for hydroxylation is 2. The van der Waals surface area contributed by atoms with Crippen LogP contribution in [0, 0.1) is 18.2 Å². The van der Waals surface area contributed by atoms with Crippen molar-refractivity contribution in [2.45, 2.75) is 98.2 Å². The zero-order chi connectivity index (χ0) is 35.3. The number of piperidine rings is 1. The van der Waals surface area contributed by atoms with Crippen LogP contribution in [0.2, 0.25) is 0 Å². The molecule has 0 spiro atoms. The quantitative estimate of drug-likeness (QED) is 0.0967. The van der Waals surface area contributed by atoms with Crippen molar-refractivity contribution >= 4 is 28.8 Å². The summed E-state index contributed by atoms with van der Waals surface area (Å²) in [7, 11) is 0. The lowest BCUT2D eigenvalue weighted by atomic mass is 9.76. The fourth-order valence-electron chi connectivity index (χ4n) is 6.54. The molecule has 1 unspecified atom stereocenters. The molecule has 4 aromatic rings. The number of carbonyl (C=O) groups is 1. The Morgan fingerprint density at radius 1 is 1.14 bits per heavy atom. The summed E-state index contributed by atoms with van der Waals surface area (Å²) in [5.41, 5.74) is 4.34. The van der Waals surface area contributed by atoms with Gasteiger partial charge in [0.1, 0.15) is 22.3 Å². The highest BCUT2D eigenvalue weighted by Gasteiger charge is 2.38. The Morgan fingerprint density at radius 3 is 2.55 bits per heavy atom. The number of rotatable bonds is 14. The smallest absolute Gasteiger partial charge is 0.340 e. The summed E-state index contributed by atoms with van der Waals surface area (Å²) in [6.45, 7) is 21.5. The van der Waals surface area contributed by atoms with Gasteiger partial charge in [0.25, 0.3) is 0 Å². The van der Waals surface area contributed by atoms with Gasteiger partial charge in [-0.25, -0.2) is 19.2 Å². The first-order valence-electron chi connectivity index (χ1n) is 17.3. The minimum atomic E-state index is -0.985. The zero-order valence-corrected chi connectivity index (χ0v) is 30.7. The molecule has 8 nitrogen and oxygen atoms in total. The fourth-order valence-corrected chi connectivity index (χ4v) is 7.43. The highest BCUT2D eigenvalue weighted by molar-refractivity contribution is 7.15. The first-order valence-corrected chi connectivity index (χ1v) is 18.1. The Morgan fingerprint density at radius 2 is 1.88 bits per heavy atom. The van der Waals surface area contributed by atoms with Gasteiger partial charge in [-0.2, -0.15) is 9.61 Å². The van der Waals surface area contributed by atoms with E-state index in [-0.39, 0.29) is 17.8 Å². The van der Waals surface area contributed by atoms with E-state index >= 15 is 0 Å². The number of allylic oxidation sites excluding steroid dienone is 2. The third-order valence-corrected chi connectivity index (χ3v) is 10.2. The van der Waals surface area contributed by atoms with Gasteiger partial charge in [-0.1, -0.05) is 25.1 Å². The van der Waals surface area contributed by atoms with Crippen molar-refractivity contribution in [1.29, 1.82) is 0 Å². The molecule has 1 aliphatic rings. The van der Waals surface area contributed by atoms with Crippen LogP contribution in [-0.4, -0.2) is 50.8 Å². The number of hydrogen-bond donors (Lipinski definition) is 0. The number of carbonyl (C=O) groups excluding carboxylic acids is 1. The van der Waals surface area contributed by atoms with Gasteiger partial charge in [-0.05, 0) is 102 Å². The number of nitrogens with zero attached hydrogens (tertiary/aromatic N) is 5. The van der Waals surface area contributed by atoms with Gasteiger partial charge in [0.2, 0.25) is 0 Å². The largest absolute Gasteiger partial charge is 0.464 e. The summed E-state index contributed by atoms with van der Waals surface area (Å²) < 4.78 is 28.1. The first kappa shape index (κ1) is 36.4. The second-order valence-electron chi connectivity index (χ2n) is 14.3. The lowest BCUT2D eigenvalue weighted by Gasteiger charge is -2.41. The second kappa shape index (κ2) is 15.3. The number of hydrogen-bond acceptors (Lipinski definition) is 8. The van der Waals surface area contributed by atoms with Crippen molar-refractivity contribution in [3.05, 3.63) is 88.9 Å². The van der Waals surface area contributed by atoms with E-state index in [1.54, 1.807) is 13.0 Å². The molecule has 0 aliphatic carbocycles. The van der Waals surface area contributed by atoms with E-state index < -0.39 is 17.7 Å². The van der Waals surface area contributed by atoms with E-state index in [1.807, 2.05) is 62.7 Å². The number of halogens is 1. The van der Waals surface area contributed by atoms with Gasteiger partial charge in [0.15, 0.2) is 11.8 Å². The number of ether oxygens (including phenoxy) is 2. The number of fused-ring (bicyclic) bond motifs is 1. The van der Waals surface area contributed by atoms with Gasteiger partial charge in [0.05, 0.1) is 17.8 Å². The Hall–Kier alpha value is -3.89. The maximum Gasteiger partial charge on any atom is 0.340 e. The molecule has 49 heavy (non-hydrogen) atoms. The van der Waals surface area contributed by atoms with Crippen molar-refractivity contribution in [2.75, 3.05) is 24.6 Å². The summed E-state index contributed by atoms with van der Waals surface area (Å²) in [6, 6.07) is 6.94. The van der Waals surface area contributed by atoms with Crippen LogP contribution >= 0.6 is 11.3 Å². The van der Waals surface area contributed by atoms with Crippen LogP contribution in [-0.2, 0) is 27.1 Å². The third-order valence-electron chi connectivity index (χ3n) is 9.18. The monoisotopic (exact) mass is 687 g/mol. The molecular weight excluding hydrogens is 638 g/mol.